The van der Waals surface area contributed by atoms with Crippen LogP contribution in [0.2, 0.25) is 0 Å². The van der Waals surface area contributed by atoms with E-state index in [1.54, 1.807) is 0 Å². The molecule has 0 fully saturated rings. The van der Waals surface area contributed by atoms with E-state index in [1.165, 1.54) is 49.3 Å². The van der Waals surface area contributed by atoms with Crippen LogP contribution in [0.3, 0.4) is 0 Å². The van der Waals surface area contributed by atoms with Crippen molar-refractivity contribution in [1.82, 2.24) is 9.13 Å². The third-order valence-electron chi connectivity index (χ3n) is 14.6. The molecule has 1 spiro atoms. The maximum atomic E-state index is 10.2. The lowest BCUT2D eigenvalue weighted by Crippen LogP contribution is -2.26. The number of nitriles is 2. The molecule has 0 unspecified atom stereocenters. The molecule has 0 bridgehead atoms. The number of hydrogen-bond acceptors (Lipinski definition) is 2. The number of aromatic nitrogens is 2. The molecule has 2 heterocycles. The molecule has 0 aliphatic heterocycles. The molecule has 0 saturated heterocycles. The Hall–Kier alpha value is -9.22. The summed E-state index contributed by atoms with van der Waals surface area (Å²) in [4.78, 5) is 0. The van der Waals surface area contributed by atoms with Gasteiger partial charge in [-0.25, -0.2) is 0 Å². The molecular weight excluding hydrogens is 813 g/mol. The molecule has 0 radical (unpaired) electrons. The second kappa shape index (κ2) is 13.9. The first-order valence-electron chi connectivity index (χ1n) is 22.7. The van der Waals surface area contributed by atoms with Gasteiger partial charge in [0.2, 0.25) is 0 Å². The van der Waals surface area contributed by atoms with Crippen molar-refractivity contribution in [3.05, 3.63) is 252 Å². The third-order valence-corrected chi connectivity index (χ3v) is 14.6. The van der Waals surface area contributed by atoms with Crippen LogP contribution >= 0.6 is 0 Å². The van der Waals surface area contributed by atoms with Crippen LogP contribution < -0.4 is 0 Å². The molecule has 2 aliphatic carbocycles. The van der Waals surface area contributed by atoms with Crippen molar-refractivity contribution in [2.24, 2.45) is 0 Å². The summed E-state index contributed by atoms with van der Waals surface area (Å²) in [5.74, 6) is 0. The van der Waals surface area contributed by atoms with E-state index < -0.39 is 5.41 Å². The van der Waals surface area contributed by atoms with Crippen LogP contribution in [-0.2, 0) is 5.41 Å². The van der Waals surface area contributed by atoms with Crippen molar-refractivity contribution in [2.45, 2.75) is 5.41 Å². The van der Waals surface area contributed by atoms with E-state index in [0.717, 1.165) is 72.5 Å². The van der Waals surface area contributed by atoms with Crippen molar-refractivity contribution in [3.8, 4) is 68.0 Å². The van der Waals surface area contributed by atoms with Gasteiger partial charge in [-0.05, 0) is 164 Å². The summed E-state index contributed by atoms with van der Waals surface area (Å²) in [6, 6.07) is 83.2. The van der Waals surface area contributed by atoms with Gasteiger partial charge in [0, 0.05) is 32.9 Å². The van der Waals surface area contributed by atoms with E-state index in [4.69, 9.17) is 0 Å². The molecule has 0 N–H and O–H groups in total. The minimum atomic E-state index is -0.705. The number of rotatable bonds is 4. The third kappa shape index (κ3) is 5.10. The Labute approximate surface area is 386 Å². The zero-order valence-corrected chi connectivity index (χ0v) is 36.1. The Kier molecular flexibility index (Phi) is 7.71. The largest absolute Gasteiger partial charge is 0.309 e. The highest BCUT2D eigenvalue weighted by Crippen LogP contribution is 2.63. The molecule has 10 aromatic carbocycles. The Balaban J connectivity index is 0.979. The van der Waals surface area contributed by atoms with Crippen LogP contribution in [0.15, 0.2) is 218 Å². The van der Waals surface area contributed by atoms with Crippen LogP contribution in [0, 0.1) is 22.7 Å². The Morgan fingerprint density at radius 1 is 0.299 bits per heavy atom. The highest BCUT2D eigenvalue weighted by Gasteiger charge is 2.52. The van der Waals surface area contributed by atoms with Crippen LogP contribution in [0.25, 0.3) is 99.5 Å². The highest BCUT2D eigenvalue weighted by molar-refractivity contribution is 6.13. The molecule has 4 heteroatoms. The van der Waals surface area contributed by atoms with E-state index >= 15 is 0 Å². The summed E-state index contributed by atoms with van der Waals surface area (Å²) in [5, 5.41) is 25.3. The second-order valence-corrected chi connectivity index (χ2v) is 17.9. The lowest BCUT2D eigenvalue weighted by atomic mass is 9.70. The van der Waals surface area contributed by atoms with E-state index in [2.05, 4.69) is 228 Å². The van der Waals surface area contributed by atoms with Gasteiger partial charge in [0.05, 0.1) is 50.7 Å². The number of nitrogens with zero attached hydrogens (tertiary/aromatic N) is 4. The Morgan fingerprint density at radius 3 is 1.22 bits per heavy atom. The normalized spacial score (nSPS) is 12.9. The maximum Gasteiger partial charge on any atom is 0.0991 e. The second-order valence-electron chi connectivity index (χ2n) is 17.9. The molecule has 14 rings (SSSR count). The summed E-state index contributed by atoms with van der Waals surface area (Å²) in [6.45, 7) is 0. The summed E-state index contributed by atoms with van der Waals surface area (Å²) in [5.41, 5.74) is 21.0. The average molecular weight is 849 g/mol. The molecule has 0 atom stereocenters. The van der Waals surface area contributed by atoms with Crippen LogP contribution in [-0.4, -0.2) is 9.13 Å². The molecule has 4 nitrogen and oxygen atoms in total. The van der Waals surface area contributed by atoms with Crippen molar-refractivity contribution >= 4 is 43.6 Å². The Morgan fingerprint density at radius 2 is 0.687 bits per heavy atom. The van der Waals surface area contributed by atoms with E-state index in [-0.39, 0.29) is 0 Å². The van der Waals surface area contributed by atoms with Gasteiger partial charge in [-0.15, -0.1) is 0 Å². The summed E-state index contributed by atoms with van der Waals surface area (Å²) in [6.07, 6.45) is 0. The minimum absolute atomic E-state index is 0.618. The van der Waals surface area contributed by atoms with Gasteiger partial charge in [0.25, 0.3) is 0 Å². The number of para-hydroxylation sites is 3. The van der Waals surface area contributed by atoms with Gasteiger partial charge >= 0.3 is 0 Å². The van der Waals surface area contributed by atoms with Crippen molar-refractivity contribution < 1.29 is 0 Å². The monoisotopic (exact) mass is 848 g/mol. The lowest BCUT2D eigenvalue weighted by Gasteiger charge is -2.31. The summed E-state index contributed by atoms with van der Waals surface area (Å²) in [7, 11) is 0. The standard InChI is InChI=1S/C63H36N4/c64-37-39-19-25-48-49-26-20-40(38-65)32-57(49)63(56(48)31-39)55-17-9-7-15-47(55)50-27-21-44(36-58(50)63)43-24-30-62-54(35-43)53-34-42(23-29-61(53)67(62)46-13-5-2-6-14-46)41-22-28-60-52(33-41)51-16-8-10-18-59(51)66(60)45-11-3-1-4-12-45/h1-36H. The van der Waals surface area contributed by atoms with E-state index in [0.29, 0.717) is 11.1 Å². The van der Waals surface area contributed by atoms with Crippen LogP contribution in [0.4, 0.5) is 0 Å². The van der Waals surface area contributed by atoms with Crippen LogP contribution in [0.5, 0.6) is 0 Å². The van der Waals surface area contributed by atoms with Crippen LogP contribution in [0.1, 0.15) is 33.4 Å². The highest BCUT2D eigenvalue weighted by atomic mass is 15.0. The molecule has 308 valence electrons. The van der Waals surface area contributed by atoms with E-state index in [1.807, 2.05) is 12.1 Å². The molecule has 2 aliphatic rings. The fraction of sp³-hybridized carbons (Fsp3) is 0.0159. The fourth-order valence-corrected chi connectivity index (χ4v) is 11.7. The first-order chi connectivity index (χ1) is 33.1. The van der Waals surface area contributed by atoms with Crippen molar-refractivity contribution in [2.75, 3.05) is 0 Å². The molecule has 0 saturated carbocycles. The topological polar surface area (TPSA) is 57.4 Å². The first kappa shape index (κ1) is 37.2. The smallest absolute Gasteiger partial charge is 0.0991 e. The molecule has 2 aromatic heterocycles. The van der Waals surface area contributed by atoms with E-state index in [9.17, 15) is 10.5 Å². The van der Waals surface area contributed by atoms with Gasteiger partial charge in [-0.2, -0.15) is 10.5 Å². The van der Waals surface area contributed by atoms with Gasteiger partial charge in [0.15, 0.2) is 0 Å². The number of hydrogen-bond donors (Lipinski definition) is 0. The number of benzene rings is 10. The Bertz CT molecular complexity index is 4110. The summed E-state index contributed by atoms with van der Waals surface area (Å²) >= 11 is 0. The molecule has 12 aromatic rings. The summed E-state index contributed by atoms with van der Waals surface area (Å²) < 4.78 is 4.75. The first-order valence-corrected chi connectivity index (χ1v) is 22.7. The predicted octanol–water partition coefficient (Wildman–Crippen LogP) is 15.3. The van der Waals surface area contributed by atoms with Gasteiger partial charge in [-0.1, -0.05) is 121 Å². The molecular formula is C63H36N4. The van der Waals surface area contributed by atoms with Gasteiger partial charge in [0.1, 0.15) is 0 Å². The average Bonchev–Trinajstić information content (AvgIpc) is 4.09. The maximum absolute atomic E-state index is 10.2. The predicted molar refractivity (Wildman–Crippen MR) is 272 cm³/mol. The zero-order chi connectivity index (χ0) is 44.4. The molecule has 67 heavy (non-hydrogen) atoms. The van der Waals surface area contributed by atoms with Gasteiger partial charge < -0.3 is 9.13 Å². The fourth-order valence-electron chi connectivity index (χ4n) is 11.7. The lowest BCUT2D eigenvalue weighted by molar-refractivity contribution is 0.793. The number of fused-ring (bicyclic) bond motifs is 16. The molecule has 0 amide bonds. The van der Waals surface area contributed by atoms with Gasteiger partial charge in [-0.3, -0.25) is 0 Å². The zero-order valence-electron chi connectivity index (χ0n) is 36.1. The van der Waals surface area contributed by atoms with Crippen molar-refractivity contribution in [3.63, 3.8) is 0 Å². The minimum Gasteiger partial charge on any atom is -0.309 e. The quantitative estimate of drug-likeness (QED) is 0.177. The SMILES string of the molecule is N#Cc1ccc2c(c1)C1(c3ccccc3-c3ccc(-c4ccc5c(c4)c4cc(-c6ccc7c(c6)c6ccccc6n7-c6ccccc6)ccc4n5-c4ccccc4)cc31)c1cc(C#N)ccc1-2. The van der Waals surface area contributed by atoms with Crippen molar-refractivity contribution in [1.29, 1.82) is 10.5 Å².